The first-order valence-electron chi connectivity index (χ1n) is 3.74. The Hall–Kier alpha value is -0.770. The highest BCUT2D eigenvalue weighted by Gasteiger charge is 2.28. The van der Waals surface area contributed by atoms with E-state index < -0.39 is 6.10 Å². The fraction of sp³-hybridized carbons (Fsp3) is 0.857. The summed E-state index contributed by atoms with van der Waals surface area (Å²) in [6.07, 6.45) is -0.820. The van der Waals surface area contributed by atoms with Crippen molar-refractivity contribution in [2.24, 2.45) is 0 Å². The summed E-state index contributed by atoms with van der Waals surface area (Å²) in [6.45, 7) is 4.49. The number of aliphatic hydroxyl groups excluding tert-OH is 1. The molecule has 64 valence electrons. The first-order chi connectivity index (χ1) is 5.13. The molecule has 0 bridgehead atoms. The number of carbonyl (C=O) groups excluding carboxylic acids is 1. The maximum absolute atomic E-state index is 10.9. The predicted octanol–water partition coefficient (Wildman–Crippen LogP) is 0.208. The van der Waals surface area contributed by atoms with Crippen molar-refractivity contribution in [2.45, 2.75) is 26.0 Å². The topological polar surface area (TPSA) is 49.8 Å². The van der Waals surface area contributed by atoms with Gasteiger partial charge in [-0.1, -0.05) is 0 Å². The van der Waals surface area contributed by atoms with Gasteiger partial charge in [0, 0.05) is 0 Å². The van der Waals surface area contributed by atoms with Crippen LogP contribution in [0.3, 0.4) is 0 Å². The van der Waals surface area contributed by atoms with Crippen LogP contribution in [0.2, 0.25) is 0 Å². The lowest BCUT2D eigenvalue weighted by Gasteiger charge is -2.23. The molecule has 1 amide bonds. The highest BCUT2D eigenvalue weighted by molar-refractivity contribution is 5.69. The highest BCUT2D eigenvalue weighted by atomic mass is 16.6. The van der Waals surface area contributed by atoms with E-state index in [1.165, 1.54) is 4.90 Å². The van der Waals surface area contributed by atoms with Gasteiger partial charge in [-0.05, 0) is 13.8 Å². The Labute approximate surface area is 65.8 Å². The van der Waals surface area contributed by atoms with Crippen molar-refractivity contribution in [3.63, 3.8) is 0 Å². The number of hydrogen-bond donors (Lipinski definition) is 1. The molecule has 0 spiro atoms. The van der Waals surface area contributed by atoms with Crippen molar-refractivity contribution >= 4 is 6.09 Å². The molecule has 0 radical (unpaired) electrons. The molecule has 1 aliphatic heterocycles. The number of ether oxygens (including phenoxy) is 1. The fourth-order valence-corrected chi connectivity index (χ4v) is 1.04. The monoisotopic (exact) mass is 159 g/mol. The fourth-order valence-electron chi connectivity index (χ4n) is 1.04. The third-order valence-electron chi connectivity index (χ3n) is 1.98. The second-order valence-electron chi connectivity index (χ2n) is 2.79. The van der Waals surface area contributed by atoms with Gasteiger partial charge in [0.1, 0.15) is 6.61 Å². The summed E-state index contributed by atoms with van der Waals surface area (Å²) >= 11 is 0. The summed E-state index contributed by atoms with van der Waals surface area (Å²) in [7, 11) is 0. The predicted molar refractivity (Wildman–Crippen MR) is 39.2 cm³/mol. The second-order valence-corrected chi connectivity index (χ2v) is 2.79. The lowest BCUT2D eigenvalue weighted by atomic mass is 10.2. The van der Waals surface area contributed by atoms with Crippen molar-refractivity contribution in [3.05, 3.63) is 0 Å². The Morgan fingerprint density at radius 3 is 2.64 bits per heavy atom. The number of amides is 1. The van der Waals surface area contributed by atoms with E-state index in [0.717, 1.165) is 0 Å². The van der Waals surface area contributed by atoms with E-state index in [0.29, 0.717) is 13.2 Å². The van der Waals surface area contributed by atoms with Crippen LogP contribution in [-0.2, 0) is 4.74 Å². The zero-order valence-electron chi connectivity index (χ0n) is 6.78. The van der Waals surface area contributed by atoms with Crippen LogP contribution in [0.1, 0.15) is 13.8 Å². The van der Waals surface area contributed by atoms with Crippen molar-refractivity contribution in [3.8, 4) is 0 Å². The lowest BCUT2D eigenvalue weighted by molar-refractivity contribution is 0.0886. The Morgan fingerprint density at radius 2 is 2.27 bits per heavy atom. The largest absolute Gasteiger partial charge is 0.448 e. The zero-order chi connectivity index (χ0) is 8.43. The SMILES string of the molecule is CC(O)C(C)N1CCOC1=O. The molecule has 1 saturated heterocycles. The summed E-state index contributed by atoms with van der Waals surface area (Å²) < 4.78 is 4.71. The van der Waals surface area contributed by atoms with E-state index >= 15 is 0 Å². The van der Waals surface area contributed by atoms with E-state index in [2.05, 4.69) is 0 Å². The number of nitrogens with zero attached hydrogens (tertiary/aromatic N) is 1. The number of cyclic esters (lactones) is 1. The van der Waals surface area contributed by atoms with Crippen LogP contribution in [0.15, 0.2) is 0 Å². The molecule has 1 heterocycles. The Bertz CT molecular complexity index is 158. The minimum atomic E-state index is -0.499. The van der Waals surface area contributed by atoms with Crippen LogP contribution in [0.5, 0.6) is 0 Å². The molecule has 4 heteroatoms. The third-order valence-corrected chi connectivity index (χ3v) is 1.98. The standard InChI is InChI=1S/C7H13NO3/c1-5(6(2)9)8-3-4-11-7(8)10/h5-6,9H,3-4H2,1-2H3. The van der Waals surface area contributed by atoms with Gasteiger partial charge < -0.3 is 9.84 Å². The molecule has 11 heavy (non-hydrogen) atoms. The van der Waals surface area contributed by atoms with Gasteiger partial charge >= 0.3 is 6.09 Å². The minimum Gasteiger partial charge on any atom is -0.448 e. The van der Waals surface area contributed by atoms with Gasteiger partial charge in [-0.15, -0.1) is 0 Å². The molecule has 4 nitrogen and oxygen atoms in total. The molecule has 0 aliphatic carbocycles. The van der Waals surface area contributed by atoms with Gasteiger partial charge in [0.25, 0.3) is 0 Å². The van der Waals surface area contributed by atoms with Gasteiger partial charge in [-0.25, -0.2) is 4.79 Å². The number of carbonyl (C=O) groups is 1. The first-order valence-corrected chi connectivity index (χ1v) is 3.74. The summed E-state index contributed by atoms with van der Waals surface area (Å²) in [6, 6.07) is -0.148. The Balaban J connectivity index is 2.52. The van der Waals surface area contributed by atoms with Gasteiger partial charge in [-0.2, -0.15) is 0 Å². The summed E-state index contributed by atoms with van der Waals surface area (Å²) in [5.41, 5.74) is 0. The third kappa shape index (κ3) is 1.63. The lowest BCUT2D eigenvalue weighted by Crippen LogP contribution is -2.40. The summed E-state index contributed by atoms with van der Waals surface area (Å²) in [5, 5.41) is 9.15. The molecule has 0 aromatic heterocycles. The van der Waals surface area contributed by atoms with Crippen LogP contribution in [0.4, 0.5) is 4.79 Å². The van der Waals surface area contributed by atoms with E-state index in [4.69, 9.17) is 9.84 Å². The molecule has 1 fully saturated rings. The molecule has 0 aromatic carbocycles. The number of hydrogen-bond acceptors (Lipinski definition) is 3. The molecule has 1 N–H and O–H groups in total. The average Bonchev–Trinajstić information content (AvgIpc) is 2.33. The van der Waals surface area contributed by atoms with Crippen molar-refractivity contribution in [1.82, 2.24) is 4.90 Å². The quantitative estimate of drug-likeness (QED) is 0.626. The molecular formula is C7H13NO3. The summed E-state index contributed by atoms with van der Waals surface area (Å²) in [4.78, 5) is 12.4. The van der Waals surface area contributed by atoms with Crippen molar-refractivity contribution < 1.29 is 14.6 Å². The molecule has 0 saturated carbocycles. The maximum atomic E-state index is 10.9. The van der Waals surface area contributed by atoms with Gasteiger partial charge in [-0.3, -0.25) is 4.90 Å². The Morgan fingerprint density at radius 1 is 1.64 bits per heavy atom. The normalized spacial score (nSPS) is 23.2. The molecule has 1 rings (SSSR count). The van der Waals surface area contributed by atoms with Gasteiger partial charge in [0.2, 0.25) is 0 Å². The van der Waals surface area contributed by atoms with Crippen LogP contribution in [0.25, 0.3) is 0 Å². The second kappa shape index (κ2) is 3.09. The first kappa shape index (κ1) is 8.33. The van der Waals surface area contributed by atoms with Gasteiger partial charge in [0.15, 0.2) is 0 Å². The smallest absolute Gasteiger partial charge is 0.410 e. The molecule has 2 atom stereocenters. The highest BCUT2D eigenvalue weighted by Crippen LogP contribution is 2.10. The molecule has 2 unspecified atom stereocenters. The molecular weight excluding hydrogens is 146 g/mol. The van der Waals surface area contributed by atoms with Crippen LogP contribution in [-0.4, -0.2) is 41.4 Å². The molecule has 1 aliphatic rings. The van der Waals surface area contributed by atoms with E-state index in [1.807, 2.05) is 0 Å². The number of aliphatic hydroxyl groups is 1. The van der Waals surface area contributed by atoms with E-state index in [-0.39, 0.29) is 12.1 Å². The minimum absolute atomic E-state index is 0.148. The van der Waals surface area contributed by atoms with Crippen LogP contribution < -0.4 is 0 Å². The van der Waals surface area contributed by atoms with Crippen LogP contribution >= 0.6 is 0 Å². The zero-order valence-corrected chi connectivity index (χ0v) is 6.78. The van der Waals surface area contributed by atoms with E-state index in [9.17, 15) is 4.79 Å². The van der Waals surface area contributed by atoms with Crippen molar-refractivity contribution in [2.75, 3.05) is 13.2 Å². The number of rotatable bonds is 2. The summed E-state index contributed by atoms with van der Waals surface area (Å²) in [5.74, 6) is 0. The average molecular weight is 159 g/mol. The maximum Gasteiger partial charge on any atom is 0.410 e. The van der Waals surface area contributed by atoms with Crippen molar-refractivity contribution in [1.29, 1.82) is 0 Å². The van der Waals surface area contributed by atoms with E-state index in [1.54, 1.807) is 13.8 Å². The van der Waals surface area contributed by atoms with Gasteiger partial charge in [0.05, 0.1) is 18.7 Å². The van der Waals surface area contributed by atoms with Crippen LogP contribution in [0, 0.1) is 0 Å². The Kier molecular flexibility index (Phi) is 2.34. The molecule has 0 aromatic rings.